The molecule has 1 aromatic heterocycles. The Balaban J connectivity index is 1.45. The normalized spacial score (nSPS) is 19.4. The van der Waals surface area contributed by atoms with Gasteiger partial charge in [-0.2, -0.15) is 0 Å². The molecule has 2 aliphatic heterocycles. The number of carbonyl (C=O) groups is 2. The third-order valence-corrected chi connectivity index (χ3v) is 7.29. The average Bonchev–Trinajstić information content (AvgIpc) is 3.25. The lowest BCUT2D eigenvalue weighted by Gasteiger charge is -2.47. The molecule has 3 aromatic carbocycles. The first-order chi connectivity index (χ1) is 17.4. The second-order valence-electron chi connectivity index (χ2n) is 9.17. The highest BCUT2D eigenvalue weighted by molar-refractivity contribution is 6.30. The van der Waals surface area contributed by atoms with Crippen molar-refractivity contribution in [1.82, 2.24) is 14.8 Å². The lowest BCUT2D eigenvalue weighted by Crippen LogP contribution is -2.62. The van der Waals surface area contributed by atoms with E-state index in [1.807, 2.05) is 36.4 Å². The van der Waals surface area contributed by atoms with Crippen LogP contribution >= 0.6 is 11.6 Å². The number of halogens is 1. The Kier molecular flexibility index (Phi) is 5.44. The van der Waals surface area contributed by atoms with Crippen molar-refractivity contribution >= 4 is 40.0 Å². The van der Waals surface area contributed by atoms with Gasteiger partial charge in [0.15, 0.2) is 0 Å². The van der Waals surface area contributed by atoms with E-state index in [2.05, 4.69) is 4.98 Å². The van der Waals surface area contributed by atoms with Crippen LogP contribution in [0.1, 0.15) is 28.4 Å². The average molecular weight is 502 g/mol. The van der Waals surface area contributed by atoms with Gasteiger partial charge >= 0.3 is 0 Å². The quantitative estimate of drug-likeness (QED) is 0.403. The van der Waals surface area contributed by atoms with E-state index >= 15 is 0 Å². The zero-order valence-corrected chi connectivity index (χ0v) is 19.9. The molecule has 36 heavy (non-hydrogen) atoms. The SMILES string of the molecule is O=C1C2Cc3c([nH]c4ccccc34)C(c3cccc(N([O-])O)c3)N2C(=O)CN1Cc1ccc(Cl)cc1. The summed E-state index contributed by atoms with van der Waals surface area (Å²) in [6.45, 7) is 0.250. The van der Waals surface area contributed by atoms with Crippen LogP contribution < -0.4 is 5.23 Å². The number of rotatable bonds is 4. The number of nitrogens with zero attached hydrogens (tertiary/aromatic N) is 3. The third kappa shape index (κ3) is 3.71. The van der Waals surface area contributed by atoms with Gasteiger partial charge in [0.1, 0.15) is 12.6 Å². The number of para-hydroxylation sites is 1. The van der Waals surface area contributed by atoms with Gasteiger partial charge in [0, 0.05) is 34.6 Å². The van der Waals surface area contributed by atoms with Crippen LogP contribution in [0.2, 0.25) is 5.02 Å². The van der Waals surface area contributed by atoms with Crippen LogP contribution in [0.25, 0.3) is 10.9 Å². The van der Waals surface area contributed by atoms with Crippen molar-refractivity contribution in [3.63, 3.8) is 0 Å². The number of fused-ring (bicyclic) bond motifs is 4. The number of anilines is 1. The van der Waals surface area contributed by atoms with Crippen LogP contribution in [0.4, 0.5) is 5.69 Å². The molecule has 2 aliphatic rings. The Labute approximate surface area is 211 Å². The molecule has 2 N–H and O–H groups in total. The molecular formula is C27H22ClN4O4-. The van der Waals surface area contributed by atoms with Crippen LogP contribution in [0.15, 0.2) is 72.8 Å². The van der Waals surface area contributed by atoms with Crippen molar-refractivity contribution in [2.75, 3.05) is 11.8 Å². The Morgan fingerprint density at radius 3 is 2.61 bits per heavy atom. The monoisotopic (exact) mass is 501 g/mol. The molecular weight excluding hydrogens is 480 g/mol. The van der Waals surface area contributed by atoms with E-state index in [4.69, 9.17) is 11.6 Å². The van der Waals surface area contributed by atoms with E-state index < -0.39 is 12.1 Å². The number of carbonyl (C=O) groups excluding carboxylic acids is 2. The molecule has 2 amide bonds. The lowest BCUT2D eigenvalue weighted by molar-refractivity contribution is -0.159. The maximum absolute atomic E-state index is 13.8. The zero-order chi connectivity index (χ0) is 25.0. The molecule has 0 aliphatic carbocycles. The molecule has 0 radical (unpaired) electrons. The van der Waals surface area contributed by atoms with Gasteiger partial charge in [-0.15, -0.1) is 0 Å². The predicted molar refractivity (Wildman–Crippen MR) is 135 cm³/mol. The number of aromatic nitrogens is 1. The minimum atomic E-state index is -0.698. The number of amides is 2. The van der Waals surface area contributed by atoms with Crippen molar-refractivity contribution in [3.05, 3.63) is 105 Å². The fourth-order valence-electron chi connectivity index (χ4n) is 5.43. The molecule has 8 nitrogen and oxygen atoms in total. The number of nitrogens with one attached hydrogen (secondary N) is 1. The Morgan fingerprint density at radius 2 is 1.83 bits per heavy atom. The Morgan fingerprint density at radius 1 is 1.06 bits per heavy atom. The molecule has 182 valence electrons. The Bertz CT molecular complexity index is 1480. The first-order valence-corrected chi connectivity index (χ1v) is 12.0. The smallest absolute Gasteiger partial charge is 0.246 e. The third-order valence-electron chi connectivity index (χ3n) is 7.04. The highest BCUT2D eigenvalue weighted by Crippen LogP contribution is 2.43. The molecule has 1 fully saturated rings. The number of aromatic amines is 1. The van der Waals surface area contributed by atoms with Crippen molar-refractivity contribution in [2.45, 2.75) is 25.0 Å². The van der Waals surface area contributed by atoms with Crippen LogP contribution in [-0.4, -0.2) is 44.4 Å². The van der Waals surface area contributed by atoms with Crippen molar-refractivity contribution in [2.24, 2.45) is 0 Å². The standard InChI is InChI=1S/C27H22ClN4O4/c28-18-10-8-16(9-11-18)14-30-15-24(33)31-23(27(30)34)13-21-20-6-1-2-7-22(20)29-25(21)26(31)17-4-3-5-19(12-17)32(35)36/h1-12,23,26,29,35H,13-15H2/q-1. The molecule has 1 saturated heterocycles. The molecule has 2 unspecified atom stereocenters. The molecule has 0 spiro atoms. The first kappa shape index (κ1) is 22.6. The summed E-state index contributed by atoms with van der Waals surface area (Å²) in [5, 5.41) is 22.5. The topological polar surface area (TPSA) is 103 Å². The predicted octanol–water partition coefficient (Wildman–Crippen LogP) is 4.40. The van der Waals surface area contributed by atoms with Gasteiger partial charge in [0.2, 0.25) is 11.8 Å². The number of benzene rings is 3. The largest absolute Gasteiger partial charge is 0.733 e. The summed E-state index contributed by atoms with van der Waals surface area (Å²) in [4.78, 5) is 34.1. The second-order valence-corrected chi connectivity index (χ2v) is 9.61. The van der Waals surface area contributed by atoms with E-state index in [1.54, 1.807) is 40.1 Å². The van der Waals surface area contributed by atoms with E-state index in [0.29, 0.717) is 23.6 Å². The van der Waals surface area contributed by atoms with E-state index in [0.717, 1.165) is 27.7 Å². The number of piperazine rings is 1. The van der Waals surface area contributed by atoms with E-state index in [-0.39, 0.29) is 29.3 Å². The van der Waals surface area contributed by atoms with Crippen molar-refractivity contribution < 1.29 is 14.8 Å². The lowest BCUT2D eigenvalue weighted by atomic mass is 9.86. The molecule has 9 heteroatoms. The summed E-state index contributed by atoms with van der Waals surface area (Å²) < 4.78 is 0. The summed E-state index contributed by atoms with van der Waals surface area (Å²) >= 11 is 6.00. The Hall–Kier alpha value is -3.85. The van der Waals surface area contributed by atoms with Gasteiger partial charge in [0.25, 0.3) is 0 Å². The second kappa shape index (κ2) is 8.67. The summed E-state index contributed by atoms with van der Waals surface area (Å²) in [6.07, 6.45) is 0.380. The highest BCUT2D eigenvalue weighted by Gasteiger charge is 2.48. The number of hydrogen-bond donors (Lipinski definition) is 2. The van der Waals surface area contributed by atoms with E-state index in [1.165, 1.54) is 6.07 Å². The van der Waals surface area contributed by atoms with Gasteiger partial charge in [-0.25, -0.2) is 0 Å². The molecule has 2 atom stereocenters. The van der Waals surface area contributed by atoms with Crippen molar-refractivity contribution in [1.29, 1.82) is 0 Å². The number of hydrogen-bond acceptors (Lipinski definition) is 5. The minimum Gasteiger partial charge on any atom is -0.733 e. The van der Waals surface area contributed by atoms with Crippen molar-refractivity contribution in [3.8, 4) is 0 Å². The first-order valence-electron chi connectivity index (χ1n) is 11.6. The van der Waals surface area contributed by atoms with Crippen LogP contribution in [0, 0.1) is 5.21 Å². The molecule has 4 aromatic rings. The van der Waals surface area contributed by atoms with Gasteiger partial charge < -0.3 is 25.2 Å². The molecule has 3 heterocycles. The van der Waals surface area contributed by atoms with Crippen LogP contribution in [0.5, 0.6) is 0 Å². The van der Waals surface area contributed by atoms with Gasteiger partial charge in [-0.05, 0) is 47.0 Å². The maximum Gasteiger partial charge on any atom is 0.246 e. The maximum atomic E-state index is 13.8. The fourth-order valence-corrected chi connectivity index (χ4v) is 5.55. The minimum absolute atomic E-state index is 0.0486. The summed E-state index contributed by atoms with van der Waals surface area (Å²) in [6, 6.07) is 20.2. The highest BCUT2D eigenvalue weighted by atomic mass is 35.5. The van der Waals surface area contributed by atoms with Gasteiger partial charge in [-0.1, -0.05) is 54.1 Å². The zero-order valence-electron chi connectivity index (χ0n) is 19.1. The summed E-state index contributed by atoms with van der Waals surface area (Å²) in [7, 11) is 0. The number of H-pyrrole nitrogens is 1. The van der Waals surface area contributed by atoms with Gasteiger partial charge in [0.05, 0.1) is 11.7 Å². The van der Waals surface area contributed by atoms with E-state index in [9.17, 15) is 20.0 Å². The van der Waals surface area contributed by atoms with Crippen LogP contribution in [0.3, 0.4) is 0 Å². The molecule has 6 rings (SSSR count). The summed E-state index contributed by atoms with van der Waals surface area (Å²) in [5.41, 5.74) is 4.26. The van der Waals surface area contributed by atoms with Crippen LogP contribution in [-0.2, 0) is 22.6 Å². The fraction of sp³-hybridized carbons (Fsp3) is 0.185. The summed E-state index contributed by atoms with van der Waals surface area (Å²) in [5.74, 6) is -0.314. The van der Waals surface area contributed by atoms with Gasteiger partial charge in [-0.3, -0.25) is 14.8 Å². The molecule has 0 bridgehead atoms. The molecule has 0 saturated carbocycles.